The van der Waals surface area contributed by atoms with E-state index in [1.165, 1.54) is 6.42 Å². The van der Waals surface area contributed by atoms with E-state index in [-0.39, 0.29) is 18.4 Å². The number of carbonyl (C=O) groups is 1. The molecule has 2 rings (SSSR count). The van der Waals surface area contributed by atoms with Crippen molar-refractivity contribution in [3.8, 4) is 0 Å². The molecule has 0 bridgehead atoms. The molecule has 4 heteroatoms. The molecule has 1 heterocycles. The molecule has 4 nitrogen and oxygen atoms in total. The zero-order chi connectivity index (χ0) is 12.3. The maximum atomic E-state index is 12.0. The van der Waals surface area contributed by atoms with Crippen LogP contribution in [0.4, 0.5) is 0 Å². The van der Waals surface area contributed by atoms with Gasteiger partial charge in [-0.05, 0) is 37.1 Å². The zero-order valence-electron chi connectivity index (χ0n) is 10.6. The first-order valence-electron chi connectivity index (χ1n) is 6.81. The topological polar surface area (TPSA) is 61.4 Å². The van der Waals surface area contributed by atoms with Gasteiger partial charge in [-0.2, -0.15) is 0 Å². The fraction of sp³-hybridized carbons (Fsp3) is 0.923. The third-order valence-electron chi connectivity index (χ3n) is 4.44. The SMILES string of the molecule is CC1CNCC1C(=O)NCC1CCCC1CO. The van der Waals surface area contributed by atoms with Crippen LogP contribution in [0.25, 0.3) is 0 Å². The first-order chi connectivity index (χ1) is 8.22. The second-order valence-electron chi connectivity index (χ2n) is 5.62. The average molecular weight is 240 g/mol. The summed E-state index contributed by atoms with van der Waals surface area (Å²) in [5, 5.41) is 15.6. The van der Waals surface area contributed by atoms with E-state index in [2.05, 4.69) is 17.6 Å². The van der Waals surface area contributed by atoms with E-state index in [1.807, 2.05) is 0 Å². The Morgan fingerprint density at radius 1 is 1.35 bits per heavy atom. The number of amides is 1. The monoisotopic (exact) mass is 240 g/mol. The lowest BCUT2D eigenvalue weighted by molar-refractivity contribution is -0.125. The molecule has 1 aliphatic heterocycles. The van der Waals surface area contributed by atoms with Crippen LogP contribution < -0.4 is 10.6 Å². The smallest absolute Gasteiger partial charge is 0.224 e. The van der Waals surface area contributed by atoms with Crippen molar-refractivity contribution < 1.29 is 9.90 Å². The minimum atomic E-state index is 0.129. The lowest BCUT2D eigenvalue weighted by atomic mass is 9.95. The maximum Gasteiger partial charge on any atom is 0.224 e. The van der Waals surface area contributed by atoms with E-state index >= 15 is 0 Å². The molecule has 0 radical (unpaired) electrons. The van der Waals surface area contributed by atoms with E-state index in [9.17, 15) is 9.90 Å². The van der Waals surface area contributed by atoms with Crippen molar-refractivity contribution in [2.75, 3.05) is 26.2 Å². The van der Waals surface area contributed by atoms with Gasteiger partial charge in [0.05, 0.1) is 5.92 Å². The lowest BCUT2D eigenvalue weighted by Crippen LogP contribution is -2.38. The highest BCUT2D eigenvalue weighted by Gasteiger charge is 2.31. The van der Waals surface area contributed by atoms with Gasteiger partial charge in [-0.15, -0.1) is 0 Å². The summed E-state index contributed by atoms with van der Waals surface area (Å²) >= 11 is 0. The first kappa shape index (κ1) is 12.8. The quantitative estimate of drug-likeness (QED) is 0.665. The summed E-state index contributed by atoms with van der Waals surface area (Å²) in [6.45, 7) is 4.88. The molecule has 1 saturated heterocycles. The van der Waals surface area contributed by atoms with E-state index in [0.717, 1.165) is 32.5 Å². The largest absolute Gasteiger partial charge is 0.396 e. The minimum absolute atomic E-state index is 0.129. The molecule has 0 spiro atoms. The van der Waals surface area contributed by atoms with Gasteiger partial charge >= 0.3 is 0 Å². The predicted molar refractivity (Wildman–Crippen MR) is 66.5 cm³/mol. The fourth-order valence-corrected chi connectivity index (χ4v) is 3.15. The molecule has 17 heavy (non-hydrogen) atoms. The predicted octanol–water partition coefficient (Wildman–Crippen LogP) is 0.367. The number of nitrogens with one attached hydrogen (secondary N) is 2. The second-order valence-corrected chi connectivity index (χ2v) is 5.62. The van der Waals surface area contributed by atoms with Crippen LogP contribution in [-0.2, 0) is 4.79 Å². The van der Waals surface area contributed by atoms with Gasteiger partial charge in [0.2, 0.25) is 5.91 Å². The van der Waals surface area contributed by atoms with Crippen LogP contribution in [-0.4, -0.2) is 37.3 Å². The van der Waals surface area contributed by atoms with E-state index < -0.39 is 0 Å². The van der Waals surface area contributed by atoms with Crippen LogP contribution in [0, 0.1) is 23.7 Å². The summed E-state index contributed by atoms with van der Waals surface area (Å²) in [7, 11) is 0. The van der Waals surface area contributed by atoms with Gasteiger partial charge in [-0.1, -0.05) is 13.3 Å². The third-order valence-corrected chi connectivity index (χ3v) is 4.44. The van der Waals surface area contributed by atoms with Crippen LogP contribution in [0.15, 0.2) is 0 Å². The normalized spacial score (nSPS) is 37.3. The molecule has 1 saturated carbocycles. The number of hydrogen-bond donors (Lipinski definition) is 3. The minimum Gasteiger partial charge on any atom is -0.396 e. The molecule has 3 N–H and O–H groups in total. The highest BCUT2D eigenvalue weighted by molar-refractivity contribution is 5.79. The molecular formula is C13H24N2O2. The van der Waals surface area contributed by atoms with Gasteiger partial charge in [0.1, 0.15) is 0 Å². The first-order valence-corrected chi connectivity index (χ1v) is 6.81. The van der Waals surface area contributed by atoms with Gasteiger partial charge in [0, 0.05) is 19.7 Å². The summed E-state index contributed by atoms with van der Waals surface area (Å²) in [4.78, 5) is 12.0. The van der Waals surface area contributed by atoms with Crippen molar-refractivity contribution in [1.29, 1.82) is 0 Å². The summed E-state index contributed by atoms with van der Waals surface area (Å²) in [5.74, 6) is 1.63. The van der Waals surface area contributed by atoms with Crippen molar-refractivity contribution in [3.63, 3.8) is 0 Å². The number of carbonyl (C=O) groups excluding carboxylic acids is 1. The Kier molecular flexibility index (Phi) is 4.40. The van der Waals surface area contributed by atoms with Crippen LogP contribution in [0.3, 0.4) is 0 Å². The van der Waals surface area contributed by atoms with Gasteiger partial charge in [-0.3, -0.25) is 4.79 Å². The lowest BCUT2D eigenvalue weighted by Gasteiger charge is -2.20. The Morgan fingerprint density at radius 2 is 2.12 bits per heavy atom. The van der Waals surface area contributed by atoms with Crippen LogP contribution in [0.1, 0.15) is 26.2 Å². The van der Waals surface area contributed by atoms with Crippen molar-refractivity contribution in [2.24, 2.45) is 23.7 Å². The Balaban J connectivity index is 1.76. The standard InChI is InChI=1S/C13H24N2O2/c1-9-5-14-7-12(9)13(17)15-6-10-3-2-4-11(10)8-16/h9-12,14,16H,2-8H2,1H3,(H,15,17). The van der Waals surface area contributed by atoms with Crippen LogP contribution >= 0.6 is 0 Å². The Labute approximate surface area is 103 Å². The summed E-state index contributed by atoms with van der Waals surface area (Å²) in [5.41, 5.74) is 0. The summed E-state index contributed by atoms with van der Waals surface area (Å²) < 4.78 is 0. The van der Waals surface area contributed by atoms with Gasteiger partial charge in [-0.25, -0.2) is 0 Å². The molecule has 1 amide bonds. The van der Waals surface area contributed by atoms with Crippen LogP contribution in [0.5, 0.6) is 0 Å². The molecule has 0 aromatic heterocycles. The Bertz CT molecular complexity index is 270. The van der Waals surface area contributed by atoms with Crippen molar-refractivity contribution >= 4 is 5.91 Å². The highest BCUT2D eigenvalue weighted by Crippen LogP contribution is 2.30. The van der Waals surface area contributed by atoms with Crippen molar-refractivity contribution in [2.45, 2.75) is 26.2 Å². The maximum absolute atomic E-state index is 12.0. The van der Waals surface area contributed by atoms with Crippen LogP contribution in [0.2, 0.25) is 0 Å². The zero-order valence-corrected chi connectivity index (χ0v) is 10.6. The van der Waals surface area contributed by atoms with Crippen molar-refractivity contribution in [3.05, 3.63) is 0 Å². The third kappa shape index (κ3) is 2.99. The molecule has 4 unspecified atom stereocenters. The van der Waals surface area contributed by atoms with E-state index in [1.54, 1.807) is 0 Å². The molecule has 4 atom stereocenters. The molecule has 98 valence electrons. The van der Waals surface area contributed by atoms with Gasteiger partial charge in [0.15, 0.2) is 0 Å². The van der Waals surface area contributed by atoms with E-state index in [0.29, 0.717) is 17.8 Å². The average Bonchev–Trinajstić information content (AvgIpc) is 2.94. The number of rotatable bonds is 4. The molecule has 2 aliphatic rings. The molecule has 0 aromatic carbocycles. The number of hydrogen-bond acceptors (Lipinski definition) is 3. The Morgan fingerprint density at radius 3 is 2.76 bits per heavy atom. The molecule has 0 aromatic rings. The van der Waals surface area contributed by atoms with E-state index in [4.69, 9.17) is 0 Å². The Hall–Kier alpha value is -0.610. The summed E-state index contributed by atoms with van der Waals surface area (Å²) in [6.07, 6.45) is 3.44. The second kappa shape index (κ2) is 5.83. The van der Waals surface area contributed by atoms with Crippen molar-refractivity contribution in [1.82, 2.24) is 10.6 Å². The highest BCUT2D eigenvalue weighted by atomic mass is 16.3. The number of aliphatic hydroxyl groups is 1. The molecule has 1 aliphatic carbocycles. The fourth-order valence-electron chi connectivity index (χ4n) is 3.15. The van der Waals surface area contributed by atoms with Gasteiger partial charge in [0.25, 0.3) is 0 Å². The van der Waals surface area contributed by atoms with Gasteiger partial charge < -0.3 is 15.7 Å². The molecular weight excluding hydrogens is 216 g/mol. The number of aliphatic hydroxyl groups excluding tert-OH is 1. The molecule has 2 fully saturated rings. The summed E-state index contributed by atoms with van der Waals surface area (Å²) in [6, 6.07) is 0.